The van der Waals surface area contributed by atoms with Crippen LogP contribution in [0.2, 0.25) is 5.04 Å². The van der Waals surface area contributed by atoms with Crippen LogP contribution in [0.25, 0.3) is 0 Å². The maximum Gasteiger partial charge on any atom is 0.261 e. The van der Waals surface area contributed by atoms with E-state index in [1.54, 1.807) is 12.3 Å². The lowest BCUT2D eigenvalue weighted by atomic mass is 9.87. The zero-order chi connectivity index (χ0) is 23.6. The topological polar surface area (TPSA) is 72.1 Å². The number of ether oxygens (including phenoxy) is 1. The number of hydrogen-bond donors (Lipinski definition) is 2. The second kappa shape index (κ2) is 9.56. The van der Waals surface area contributed by atoms with Crippen molar-refractivity contribution in [1.82, 2.24) is 0 Å². The maximum atomic E-state index is 11.5. The van der Waals surface area contributed by atoms with Gasteiger partial charge in [-0.15, -0.1) is 0 Å². The predicted octanol–water partition coefficient (Wildman–Crippen LogP) is 3.65. The number of aliphatic hydroxyl groups is 2. The molecule has 5 atom stereocenters. The first kappa shape index (κ1) is 23.9. The van der Waals surface area contributed by atoms with E-state index in [0.29, 0.717) is 5.76 Å². The van der Waals surface area contributed by atoms with Crippen molar-refractivity contribution in [2.75, 3.05) is 6.61 Å². The van der Waals surface area contributed by atoms with E-state index in [0.717, 1.165) is 10.4 Å². The summed E-state index contributed by atoms with van der Waals surface area (Å²) < 4.78 is 19.3. The molecule has 2 N–H and O–H groups in total. The fourth-order valence-corrected chi connectivity index (χ4v) is 9.69. The smallest absolute Gasteiger partial charge is 0.261 e. The molecule has 2 aromatic carbocycles. The molecule has 1 fully saturated rings. The van der Waals surface area contributed by atoms with Gasteiger partial charge in [0, 0.05) is 5.92 Å². The molecule has 1 aliphatic rings. The number of hydrogen-bond acceptors (Lipinski definition) is 5. The van der Waals surface area contributed by atoms with Gasteiger partial charge in [-0.2, -0.15) is 0 Å². The molecule has 3 aromatic rings. The third-order valence-corrected chi connectivity index (χ3v) is 11.8. The Hall–Kier alpha value is -2.22. The number of furan rings is 1. The van der Waals surface area contributed by atoms with Crippen LogP contribution in [-0.2, 0) is 9.16 Å². The zero-order valence-electron chi connectivity index (χ0n) is 19.7. The largest absolute Gasteiger partial charge is 0.466 e. The first-order chi connectivity index (χ1) is 15.8. The molecule has 1 saturated heterocycles. The second-order valence-corrected chi connectivity index (χ2v) is 14.1. The summed E-state index contributed by atoms with van der Waals surface area (Å²) in [5.74, 6) is 0.284. The fourth-order valence-electron chi connectivity index (χ4n) is 5.01. The Morgan fingerprint density at radius 2 is 1.48 bits per heavy atom. The third kappa shape index (κ3) is 4.34. The van der Waals surface area contributed by atoms with Gasteiger partial charge in [0.1, 0.15) is 18.0 Å². The molecule has 1 aliphatic heterocycles. The van der Waals surface area contributed by atoms with Crippen LogP contribution in [0.3, 0.4) is 0 Å². The summed E-state index contributed by atoms with van der Waals surface area (Å²) in [7, 11) is -2.94. The Morgan fingerprint density at radius 3 is 1.94 bits per heavy atom. The molecule has 0 radical (unpaired) electrons. The molecule has 0 saturated carbocycles. The van der Waals surface area contributed by atoms with E-state index in [-0.39, 0.29) is 17.6 Å². The van der Waals surface area contributed by atoms with Crippen molar-refractivity contribution in [3.63, 3.8) is 0 Å². The van der Waals surface area contributed by atoms with E-state index in [4.69, 9.17) is 13.6 Å². The van der Waals surface area contributed by atoms with Gasteiger partial charge in [-0.3, -0.25) is 0 Å². The van der Waals surface area contributed by atoms with Crippen LogP contribution in [0, 0.1) is 5.92 Å². The van der Waals surface area contributed by atoms with Crippen LogP contribution in [-0.4, -0.2) is 43.4 Å². The molecule has 0 aliphatic carbocycles. The minimum Gasteiger partial charge on any atom is -0.466 e. The Kier molecular flexibility index (Phi) is 6.93. The highest BCUT2D eigenvalue weighted by Gasteiger charge is 2.55. The van der Waals surface area contributed by atoms with Gasteiger partial charge >= 0.3 is 0 Å². The van der Waals surface area contributed by atoms with Crippen LogP contribution >= 0.6 is 0 Å². The van der Waals surface area contributed by atoms with Gasteiger partial charge in [0.15, 0.2) is 0 Å². The van der Waals surface area contributed by atoms with Crippen LogP contribution in [0.5, 0.6) is 0 Å². The van der Waals surface area contributed by atoms with E-state index in [1.807, 2.05) is 49.4 Å². The molecule has 0 bridgehead atoms. The molecule has 6 heteroatoms. The maximum absolute atomic E-state index is 11.5. The lowest BCUT2D eigenvalue weighted by Crippen LogP contribution is -2.70. The SMILES string of the molecule is CC1[C@H](O)C(O[Si](c2ccccc2)(c2ccccc2)C(C)(C)C)[C@H](c2ccco2)O[C@@H]1CO. The zero-order valence-corrected chi connectivity index (χ0v) is 20.7. The quantitative estimate of drug-likeness (QED) is 0.543. The van der Waals surface area contributed by atoms with Gasteiger partial charge in [0.2, 0.25) is 0 Å². The number of aliphatic hydroxyl groups excluding tert-OH is 2. The molecule has 0 spiro atoms. The lowest BCUT2D eigenvalue weighted by molar-refractivity contribution is -0.206. The lowest BCUT2D eigenvalue weighted by Gasteiger charge is -2.50. The van der Waals surface area contributed by atoms with Crippen molar-refractivity contribution in [3.8, 4) is 0 Å². The molecule has 5 nitrogen and oxygen atoms in total. The molecule has 33 heavy (non-hydrogen) atoms. The van der Waals surface area contributed by atoms with E-state index in [1.165, 1.54) is 0 Å². The van der Waals surface area contributed by atoms with Crippen molar-refractivity contribution >= 4 is 18.7 Å². The highest BCUT2D eigenvalue weighted by molar-refractivity contribution is 6.99. The summed E-state index contributed by atoms with van der Waals surface area (Å²) >= 11 is 0. The summed E-state index contributed by atoms with van der Waals surface area (Å²) in [6, 6.07) is 24.3. The minimum atomic E-state index is -2.94. The van der Waals surface area contributed by atoms with Gasteiger partial charge in [0.05, 0.1) is 25.1 Å². The third-order valence-electron chi connectivity index (χ3n) is 6.81. The van der Waals surface area contributed by atoms with E-state index in [9.17, 15) is 10.2 Å². The summed E-state index contributed by atoms with van der Waals surface area (Å²) in [5.41, 5.74) is 0. The average molecular weight is 467 g/mol. The normalized spacial score (nSPS) is 26.3. The van der Waals surface area contributed by atoms with Crippen molar-refractivity contribution < 1.29 is 23.8 Å². The summed E-state index contributed by atoms with van der Waals surface area (Å²) in [5, 5.41) is 23.4. The predicted molar refractivity (Wildman–Crippen MR) is 131 cm³/mol. The van der Waals surface area contributed by atoms with E-state index < -0.39 is 32.7 Å². The van der Waals surface area contributed by atoms with Crippen LogP contribution in [0.1, 0.15) is 39.6 Å². The molecule has 1 aromatic heterocycles. The first-order valence-corrected chi connectivity index (χ1v) is 13.5. The van der Waals surface area contributed by atoms with Crippen LogP contribution in [0.15, 0.2) is 83.5 Å². The molecular weight excluding hydrogens is 432 g/mol. The summed E-state index contributed by atoms with van der Waals surface area (Å²) in [6.07, 6.45) is -1.05. The molecule has 0 amide bonds. The van der Waals surface area contributed by atoms with E-state index in [2.05, 4.69) is 45.0 Å². The van der Waals surface area contributed by atoms with Crippen LogP contribution in [0.4, 0.5) is 0 Å². The molecule has 176 valence electrons. The monoisotopic (exact) mass is 466 g/mol. The Morgan fingerprint density at radius 1 is 0.909 bits per heavy atom. The van der Waals surface area contributed by atoms with Crippen molar-refractivity contribution in [3.05, 3.63) is 84.8 Å². The molecule has 4 rings (SSSR count). The molecule has 2 heterocycles. The Labute approximate surface area is 197 Å². The summed E-state index contributed by atoms with van der Waals surface area (Å²) in [6.45, 7) is 8.33. The van der Waals surface area contributed by atoms with E-state index >= 15 is 0 Å². The van der Waals surface area contributed by atoms with Gasteiger partial charge in [-0.1, -0.05) is 88.4 Å². The minimum absolute atomic E-state index is 0.179. The number of rotatable bonds is 6. The van der Waals surface area contributed by atoms with Gasteiger partial charge < -0.3 is 23.8 Å². The second-order valence-electron chi connectivity index (χ2n) is 9.89. The first-order valence-electron chi connectivity index (χ1n) is 11.6. The van der Waals surface area contributed by atoms with Gasteiger partial charge in [-0.25, -0.2) is 0 Å². The summed E-state index contributed by atoms with van der Waals surface area (Å²) in [4.78, 5) is 0. The average Bonchev–Trinajstić information content (AvgIpc) is 3.35. The molecular formula is C27H34O5Si. The fraction of sp³-hybridized carbons (Fsp3) is 0.407. The van der Waals surface area contributed by atoms with Crippen molar-refractivity contribution in [2.45, 2.75) is 57.1 Å². The highest BCUT2D eigenvalue weighted by atomic mass is 28.4. The Balaban J connectivity index is 1.89. The van der Waals surface area contributed by atoms with Crippen molar-refractivity contribution in [2.24, 2.45) is 5.92 Å². The number of benzene rings is 2. The van der Waals surface area contributed by atoms with Gasteiger partial charge in [0.25, 0.3) is 8.32 Å². The Bertz CT molecular complexity index is 961. The molecule has 2 unspecified atom stereocenters. The van der Waals surface area contributed by atoms with Crippen molar-refractivity contribution in [1.29, 1.82) is 0 Å². The standard InChI is InChI=1S/C27H34O5Si/c1-19-23(18-28)31-25(22-16-11-17-30-22)26(24(19)29)32-33(27(2,3)4,20-12-7-5-8-13-20)21-14-9-6-10-15-21/h5-17,19,23-26,28-29H,18H2,1-4H3/t19?,23-,24+,25+,26?/m1/s1. The van der Waals surface area contributed by atoms with Crippen LogP contribution < -0.4 is 10.4 Å². The van der Waals surface area contributed by atoms with Gasteiger partial charge in [-0.05, 0) is 27.5 Å². The highest BCUT2D eigenvalue weighted by Crippen LogP contribution is 2.43.